The van der Waals surface area contributed by atoms with E-state index in [0.29, 0.717) is 0 Å². The Bertz CT molecular complexity index is 576. The van der Waals surface area contributed by atoms with Gasteiger partial charge in [0.2, 0.25) is 5.78 Å². The third-order valence-electron chi connectivity index (χ3n) is 2.61. The summed E-state index contributed by atoms with van der Waals surface area (Å²) in [6.45, 7) is 4.97. The Morgan fingerprint density at radius 3 is 2.63 bits per heavy atom. The van der Waals surface area contributed by atoms with Crippen molar-refractivity contribution in [3.05, 3.63) is 57.9 Å². The summed E-state index contributed by atoms with van der Waals surface area (Å²) < 4.78 is 4.95. The molecule has 0 saturated carbocycles. The van der Waals surface area contributed by atoms with Crippen molar-refractivity contribution in [1.29, 1.82) is 0 Å². The lowest BCUT2D eigenvalue weighted by Gasteiger charge is -2.18. The number of carbonyl (C=O) groups excluding carboxylic acids is 2. The van der Waals surface area contributed by atoms with Crippen LogP contribution in [0.4, 0.5) is 0 Å². The molecule has 1 rings (SSSR count). The predicted molar refractivity (Wildman–Crippen MR) is 69.8 cm³/mol. The first-order valence-corrected chi connectivity index (χ1v) is 5.48. The van der Waals surface area contributed by atoms with E-state index in [0.717, 1.165) is 0 Å². The Labute approximate surface area is 110 Å². The molecule has 1 aliphatic carbocycles. The Morgan fingerprint density at radius 1 is 1.42 bits per heavy atom. The second-order valence-electron chi connectivity index (χ2n) is 3.70. The molecule has 19 heavy (non-hydrogen) atoms. The van der Waals surface area contributed by atoms with Crippen molar-refractivity contribution in [2.45, 2.75) is 13.3 Å². The summed E-state index contributed by atoms with van der Waals surface area (Å²) in [5.74, 6) is -0.934. The minimum Gasteiger partial charge on any atom is -0.492 e. The van der Waals surface area contributed by atoms with Gasteiger partial charge in [-0.05, 0) is 18.9 Å². The smallest absolute Gasteiger partial charge is 0.224 e. The monoisotopic (exact) mass is 259 g/mol. The van der Waals surface area contributed by atoms with Crippen LogP contribution in [0.1, 0.15) is 13.3 Å². The van der Waals surface area contributed by atoms with Gasteiger partial charge in [-0.25, -0.2) is 0 Å². The molecule has 6 nitrogen and oxygen atoms in total. The number of ketones is 2. The normalized spacial score (nSPS) is 15.9. The zero-order chi connectivity index (χ0) is 14.4. The molecule has 0 amide bonds. The highest BCUT2D eigenvalue weighted by atomic mass is 16.5. The lowest BCUT2D eigenvalue weighted by molar-refractivity contribution is -0.118. The maximum atomic E-state index is 12.2. The van der Waals surface area contributed by atoms with E-state index in [9.17, 15) is 9.59 Å². The number of rotatable bonds is 5. The van der Waals surface area contributed by atoms with Crippen molar-refractivity contribution in [2.24, 2.45) is 5.11 Å². The van der Waals surface area contributed by atoms with E-state index in [1.165, 1.54) is 14.0 Å². The van der Waals surface area contributed by atoms with Crippen molar-refractivity contribution in [3.8, 4) is 0 Å². The lowest BCUT2D eigenvalue weighted by atomic mass is 9.91. The molecule has 6 heteroatoms. The molecule has 0 bridgehead atoms. The summed E-state index contributed by atoms with van der Waals surface area (Å²) in [7, 11) is 1.32. The molecule has 0 heterocycles. The molecule has 0 unspecified atom stereocenters. The van der Waals surface area contributed by atoms with Crippen molar-refractivity contribution in [1.82, 2.24) is 0 Å². The highest BCUT2D eigenvalue weighted by Crippen LogP contribution is 2.28. The molecule has 0 aromatic rings. The second kappa shape index (κ2) is 6.37. The summed E-state index contributed by atoms with van der Waals surface area (Å²) in [5, 5.41) is 3.33. The van der Waals surface area contributed by atoms with Gasteiger partial charge in [0.15, 0.2) is 11.5 Å². The highest BCUT2D eigenvalue weighted by molar-refractivity contribution is 6.24. The third-order valence-corrected chi connectivity index (χ3v) is 2.61. The Morgan fingerprint density at radius 2 is 2.11 bits per heavy atom. The van der Waals surface area contributed by atoms with Crippen molar-refractivity contribution in [3.63, 3.8) is 0 Å². The fourth-order valence-electron chi connectivity index (χ4n) is 1.70. The number of Topliss-reactive ketones (excluding diaryl/α,β-unsaturated/α-hetero) is 2. The summed E-state index contributed by atoms with van der Waals surface area (Å²) in [5.41, 5.74) is 8.61. The number of hydrogen-bond acceptors (Lipinski definition) is 4. The Balaban J connectivity index is 3.35. The minimum absolute atomic E-state index is 0.0103. The van der Waals surface area contributed by atoms with Crippen molar-refractivity contribution in [2.75, 3.05) is 7.11 Å². The van der Waals surface area contributed by atoms with E-state index in [-0.39, 0.29) is 29.0 Å². The second-order valence-corrected chi connectivity index (χ2v) is 3.70. The summed E-state index contributed by atoms with van der Waals surface area (Å²) in [6.07, 6.45) is 5.00. The van der Waals surface area contributed by atoms with Crippen LogP contribution in [0.25, 0.3) is 10.4 Å². The molecule has 0 atom stereocenters. The molecule has 0 radical (unpaired) electrons. The molecule has 0 aromatic carbocycles. The van der Waals surface area contributed by atoms with Crippen LogP contribution >= 0.6 is 0 Å². The van der Waals surface area contributed by atoms with E-state index in [2.05, 4.69) is 16.6 Å². The molecule has 98 valence electrons. The topological polar surface area (TPSA) is 92.1 Å². The molecular formula is C13H13N3O3. The van der Waals surface area contributed by atoms with E-state index in [4.69, 9.17) is 10.3 Å². The van der Waals surface area contributed by atoms with Gasteiger partial charge in [0.1, 0.15) is 0 Å². The standard InChI is InChI=1S/C13H13N3O3/c1-4-5-6-7-9-10(15-16-14)11(17)8(2)13(19-3)12(9)18/h4-6H,1,7H2,2-3H3/b6-5+. The van der Waals surface area contributed by atoms with Crippen LogP contribution < -0.4 is 0 Å². The molecular weight excluding hydrogens is 246 g/mol. The molecule has 1 aliphatic rings. The number of nitrogens with zero attached hydrogens (tertiary/aromatic N) is 3. The van der Waals surface area contributed by atoms with Crippen molar-refractivity contribution < 1.29 is 14.3 Å². The third kappa shape index (κ3) is 2.81. The predicted octanol–water partition coefficient (Wildman–Crippen LogP) is 2.76. The largest absolute Gasteiger partial charge is 0.492 e. The zero-order valence-corrected chi connectivity index (χ0v) is 10.7. The van der Waals surface area contributed by atoms with Crippen LogP contribution in [-0.2, 0) is 14.3 Å². The SMILES string of the molecule is C=C/C=C/CC1=C(N=[N+]=[N-])C(=O)C(C)=C(OC)C1=O. The maximum Gasteiger partial charge on any atom is 0.224 e. The molecule has 0 spiro atoms. The van der Waals surface area contributed by atoms with Gasteiger partial charge in [0.05, 0.1) is 12.8 Å². The fourth-order valence-corrected chi connectivity index (χ4v) is 1.70. The highest BCUT2D eigenvalue weighted by Gasteiger charge is 2.32. The van der Waals surface area contributed by atoms with E-state index >= 15 is 0 Å². The first kappa shape index (κ1) is 14.5. The van der Waals surface area contributed by atoms with Crippen LogP contribution in [0, 0.1) is 0 Å². The van der Waals surface area contributed by atoms with Crippen molar-refractivity contribution >= 4 is 11.6 Å². The Hall–Kier alpha value is -2.59. The number of hydrogen-bond donors (Lipinski definition) is 0. The average Bonchev–Trinajstić information content (AvgIpc) is 2.40. The zero-order valence-electron chi connectivity index (χ0n) is 10.7. The van der Waals surface area contributed by atoms with Gasteiger partial charge in [0, 0.05) is 16.1 Å². The first-order valence-electron chi connectivity index (χ1n) is 5.48. The van der Waals surface area contributed by atoms with Crippen LogP contribution in [0.5, 0.6) is 0 Å². The van der Waals surface area contributed by atoms with Gasteiger partial charge in [-0.1, -0.05) is 29.9 Å². The number of azide groups is 1. The summed E-state index contributed by atoms with van der Waals surface area (Å²) in [6, 6.07) is 0. The molecule has 0 aromatic heterocycles. The van der Waals surface area contributed by atoms with Gasteiger partial charge in [0.25, 0.3) is 0 Å². The summed E-state index contributed by atoms with van der Waals surface area (Å²) >= 11 is 0. The van der Waals surface area contributed by atoms with Gasteiger partial charge in [-0.2, -0.15) is 0 Å². The van der Waals surface area contributed by atoms with Gasteiger partial charge in [-0.3, -0.25) is 9.59 Å². The van der Waals surface area contributed by atoms with E-state index in [1.54, 1.807) is 18.2 Å². The van der Waals surface area contributed by atoms with Crippen LogP contribution in [-0.4, -0.2) is 18.7 Å². The van der Waals surface area contributed by atoms with E-state index in [1.807, 2.05) is 0 Å². The van der Waals surface area contributed by atoms with E-state index < -0.39 is 11.6 Å². The molecule has 0 saturated heterocycles. The number of methoxy groups -OCH3 is 1. The van der Waals surface area contributed by atoms with Gasteiger partial charge < -0.3 is 4.74 Å². The molecule has 0 fully saturated rings. The average molecular weight is 259 g/mol. The molecule has 0 N–H and O–H groups in total. The summed E-state index contributed by atoms with van der Waals surface area (Å²) in [4.78, 5) is 26.8. The number of ether oxygens (including phenoxy) is 1. The number of allylic oxidation sites excluding steroid dienone is 5. The fraction of sp³-hybridized carbons (Fsp3) is 0.231. The Kier molecular flexibility index (Phi) is 4.85. The first-order chi connectivity index (χ1) is 9.08. The van der Waals surface area contributed by atoms with Crippen LogP contribution in [0.15, 0.2) is 52.5 Å². The quantitative estimate of drug-likeness (QED) is 0.250. The lowest BCUT2D eigenvalue weighted by Crippen LogP contribution is -2.23. The van der Waals surface area contributed by atoms with Crippen LogP contribution in [0.3, 0.4) is 0 Å². The minimum atomic E-state index is -0.490. The van der Waals surface area contributed by atoms with Crippen LogP contribution in [0.2, 0.25) is 0 Å². The van der Waals surface area contributed by atoms with Gasteiger partial charge >= 0.3 is 0 Å². The maximum absolute atomic E-state index is 12.2. The number of carbonyl (C=O) groups is 2. The van der Waals surface area contributed by atoms with Gasteiger partial charge in [-0.15, -0.1) is 0 Å². The molecule has 0 aliphatic heterocycles.